The van der Waals surface area contributed by atoms with Crippen molar-refractivity contribution in [1.29, 1.82) is 0 Å². The van der Waals surface area contributed by atoms with Gasteiger partial charge in [0.2, 0.25) is 0 Å². The van der Waals surface area contributed by atoms with E-state index in [-0.39, 0.29) is 6.10 Å². The normalized spacial score (nSPS) is 12.5. The molecule has 0 radical (unpaired) electrons. The second-order valence-electron chi connectivity index (χ2n) is 3.50. The average molecular weight is 194 g/mol. The molecule has 78 valence electrons. The van der Waals surface area contributed by atoms with Gasteiger partial charge in [0.1, 0.15) is 0 Å². The Bertz CT molecular complexity index is 299. The molecule has 0 aliphatic rings. The van der Waals surface area contributed by atoms with Gasteiger partial charge in [-0.05, 0) is 37.6 Å². The molecule has 0 bridgehead atoms. The van der Waals surface area contributed by atoms with Crippen molar-refractivity contribution in [2.75, 3.05) is 24.7 Å². The molecule has 0 aliphatic carbocycles. The van der Waals surface area contributed by atoms with Crippen LogP contribution in [-0.4, -0.2) is 19.8 Å². The second kappa shape index (κ2) is 4.86. The summed E-state index contributed by atoms with van der Waals surface area (Å²) >= 11 is 0. The summed E-state index contributed by atoms with van der Waals surface area (Å²) in [4.78, 5) is 0. The Morgan fingerprint density at radius 2 is 2.21 bits per heavy atom. The Hall–Kier alpha value is -1.22. The first-order valence-corrected chi connectivity index (χ1v) is 4.76. The first kappa shape index (κ1) is 10.9. The molecule has 3 nitrogen and oxygen atoms in total. The van der Waals surface area contributed by atoms with Crippen molar-refractivity contribution in [2.24, 2.45) is 0 Å². The van der Waals surface area contributed by atoms with Crippen LogP contribution in [0.2, 0.25) is 0 Å². The van der Waals surface area contributed by atoms with Crippen LogP contribution in [0.25, 0.3) is 0 Å². The fourth-order valence-corrected chi connectivity index (χ4v) is 1.22. The summed E-state index contributed by atoms with van der Waals surface area (Å²) in [6, 6.07) is 5.85. The Morgan fingerprint density at radius 1 is 1.50 bits per heavy atom. The van der Waals surface area contributed by atoms with Crippen LogP contribution in [0.15, 0.2) is 18.2 Å². The van der Waals surface area contributed by atoms with Crippen LogP contribution in [0.4, 0.5) is 11.4 Å². The van der Waals surface area contributed by atoms with Gasteiger partial charge in [0.15, 0.2) is 0 Å². The molecule has 1 aromatic carbocycles. The summed E-state index contributed by atoms with van der Waals surface area (Å²) in [5, 5.41) is 3.31. The number of anilines is 2. The molecule has 0 saturated heterocycles. The third-order valence-electron chi connectivity index (χ3n) is 2.23. The monoisotopic (exact) mass is 194 g/mol. The Labute approximate surface area is 85.3 Å². The SMILES string of the molecule is COC(C)CNc1ccc(N)cc1C. The molecular weight excluding hydrogens is 176 g/mol. The zero-order valence-corrected chi connectivity index (χ0v) is 9.00. The molecule has 0 heterocycles. The first-order valence-electron chi connectivity index (χ1n) is 4.76. The predicted octanol–water partition coefficient (Wildman–Crippen LogP) is 2.02. The zero-order chi connectivity index (χ0) is 10.6. The van der Waals surface area contributed by atoms with Crippen LogP contribution in [0.5, 0.6) is 0 Å². The molecule has 14 heavy (non-hydrogen) atoms. The molecule has 0 aliphatic heterocycles. The number of hydrogen-bond acceptors (Lipinski definition) is 3. The average Bonchev–Trinajstić information content (AvgIpc) is 2.16. The van der Waals surface area contributed by atoms with Crippen molar-refractivity contribution in [1.82, 2.24) is 0 Å². The van der Waals surface area contributed by atoms with Crippen LogP contribution in [0, 0.1) is 6.92 Å². The smallest absolute Gasteiger partial charge is 0.0715 e. The number of hydrogen-bond donors (Lipinski definition) is 2. The number of nitrogens with one attached hydrogen (secondary N) is 1. The maximum absolute atomic E-state index is 5.66. The van der Waals surface area contributed by atoms with Gasteiger partial charge >= 0.3 is 0 Å². The molecule has 1 rings (SSSR count). The highest BCUT2D eigenvalue weighted by atomic mass is 16.5. The van der Waals surface area contributed by atoms with Gasteiger partial charge in [0.25, 0.3) is 0 Å². The molecule has 0 fully saturated rings. The van der Waals surface area contributed by atoms with Crippen molar-refractivity contribution >= 4 is 11.4 Å². The van der Waals surface area contributed by atoms with E-state index in [1.54, 1.807) is 7.11 Å². The summed E-state index contributed by atoms with van der Waals surface area (Å²) in [5.74, 6) is 0. The van der Waals surface area contributed by atoms with E-state index in [1.807, 2.05) is 32.0 Å². The van der Waals surface area contributed by atoms with E-state index in [4.69, 9.17) is 10.5 Å². The highest BCUT2D eigenvalue weighted by Gasteiger charge is 2.01. The third kappa shape index (κ3) is 2.92. The minimum atomic E-state index is 0.215. The van der Waals surface area contributed by atoms with Crippen LogP contribution < -0.4 is 11.1 Å². The van der Waals surface area contributed by atoms with Crippen LogP contribution in [0.3, 0.4) is 0 Å². The van der Waals surface area contributed by atoms with Crippen molar-refractivity contribution in [2.45, 2.75) is 20.0 Å². The zero-order valence-electron chi connectivity index (χ0n) is 9.00. The van der Waals surface area contributed by atoms with E-state index in [0.29, 0.717) is 0 Å². The Balaban J connectivity index is 2.59. The largest absolute Gasteiger partial charge is 0.399 e. The van der Waals surface area contributed by atoms with Gasteiger partial charge in [-0.15, -0.1) is 0 Å². The van der Waals surface area contributed by atoms with Gasteiger partial charge in [-0.2, -0.15) is 0 Å². The van der Waals surface area contributed by atoms with Crippen LogP contribution >= 0.6 is 0 Å². The van der Waals surface area contributed by atoms with E-state index in [0.717, 1.165) is 23.5 Å². The van der Waals surface area contributed by atoms with Gasteiger partial charge in [0.05, 0.1) is 6.10 Å². The first-order chi connectivity index (χ1) is 6.63. The van der Waals surface area contributed by atoms with E-state index in [2.05, 4.69) is 5.32 Å². The fourth-order valence-electron chi connectivity index (χ4n) is 1.22. The molecule has 1 aromatic rings. The summed E-state index contributed by atoms with van der Waals surface area (Å²) in [5.41, 5.74) is 8.73. The highest BCUT2D eigenvalue weighted by Crippen LogP contribution is 2.17. The number of benzene rings is 1. The summed E-state index contributed by atoms with van der Waals surface area (Å²) in [6.45, 7) is 4.87. The van der Waals surface area contributed by atoms with Crippen molar-refractivity contribution in [3.8, 4) is 0 Å². The number of methoxy groups -OCH3 is 1. The maximum Gasteiger partial charge on any atom is 0.0715 e. The topological polar surface area (TPSA) is 47.3 Å². The predicted molar refractivity (Wildman–Crippen MR) is 60.6 cm³/mol. The lowest BCUT2D eigenvalue weighted by molar-refractivity contribution is 0.129. The summed E-state index contributed by atoms with van der Waals surface area (Å²) in [6.07, 6.45) is 0.215. The molecular formula is C11H18N2O. The molecule has 1 atom stereocenters. The van der Waals surface area contributed by atoms with Crippen LogP contribution in [0.1, 0.15) is 12.5 Å². The molecule has 1 unspecified atom stereocenters. The Kier molecular flexibility index (Phi) is 3.77. The molecule has 3 N–H and O–H groups in total. The molecule has 0 aromatic heterocycles. The van der Waals surface area contributed by atoms with Gasteiger partial charge in [-0.3, -0.25) is 0 Å². The number of ether oxygens (including phenoxy) is 1. The van der Waals surface area contributed by atoms with Gasteiger partial charge in [-0.25, -0.2) is 0 Å². The van der Waals surface area contributed by atoms with Gasteiger partial charge in [0, 0.05) is 25.0 Å². The lowest BCUT2D eigenvalue weighted by Gasteiger charge is -2.13. The van der Waals surface area contributed by atoms with Crippen LogP contribution in [-0.2, 0) is 4.74 Å². The minimum absolute atomic E-state index is 0.215. The maximum atomic E-state index is 5.66. The number of nitrogens with two attached hydrogens (primary N) is 1. The lowest BCUT2D eigenvalue weighted by Crippen LogP contribution is -2.18. The number of rotatable bonds is 4. The highest BCUT2D eigenvalue weighted by molar-refractivity contribution is 5.57. The fraction of sp³-hybridized carbons (Fsp3) is 0.455. The third-order valence-corrected chi connectivity index (χ3v) is 2.23. The number of nitrogen functional groups attached to an aromatic ring is 1. The van der Waals surface area contributed by atoms with E-state index >= 15 is 0 Å². The van der Waals surface area contributed by atoms with Crippen molar-refractivity contribution in [3.05, 3.63) is 23.8 Å². The molecule has 3 heteroatoms. The quantitative estimate of drug-likeness (QED) is 0.721. The molecule has 0 spiro atoms. The second-order valence-corrected chi connectivity index (χ2v) is 3.50. The summed E-state index contributed by atoms with van der Waals surface area (Å²) in [7, 11) is 1.71. The van der Waals surface area contributed by atoms with Gasteiger partial charge < -0.3 is 15.8 Å². The molecule has 0 amide bonds. The summed E-state index contributed by atoms with van der Waals surface area (Å²) < 4.78 is 5.15. The minimum Gasteiger partial charge on any atom is -0.399 e. The lowest BCUT2D eigenvalue weighted by atomic mass is 10.2. The standard InChI is InChI=1S/C11H18N2O/c1-8-6-10(12)4-5-11(8)13-7-9(2)14-3/h4-6,9,13H,7,12H2,1-3H3. The van der Waals surface area contributed by atoms with Crippen molar-refractivity contribution in [3.63, 3.8) is 0 Å². The van der Waals surface area contributed by atoms with E-state index < -0.39 is 0 Å². The Morgan fingerprint density at radius 3 is 2.79 bits per heavy atom. The van der Waals surface area contributed by atoms with Crippen molar-refractivity contribution < 1.29 is 4.74 Å². The van der Waals surface area contributed by atoms with E-state index in [9.17, 15) is 0 Å². The van der Waals surface area contributed by atoms with Gasteiger partial charge in [-0.1, -0.05) is 0 Å². The molecule has 0 saturated carbocycles. The van der Waals surface area contributed by atoms with E-state index in [1.165, 1.54) is 0 Å². The number of aryl methyl sites for hydroxylation is 1.